The lowest BCUT2D eigenvalue weighted by Crippen LogP contribution is -2.16. The van der Waals surface area contributed by atoms with Gasteiger partial charge in [0.25, 0.3) is 0 Å². The standard InChI is InChI=1S/C12H16N2S2/c1-9-5-11(10(2)16-9)6-13-4-3-12-7-15-8-14-12/h5,7-8,13H,3-4,6H2,1-2H3. The van der Waals surface area contributed by atoms with Gasteiger partial charge < -0.3 is 5.32 Å². The minimum absolute atomic E-state index is 0.973. The molecule has 0 spiro atoms. The van der Waals surface area contributed by atoms with Crippen LogP contribution in [-0.2, 0) is 13.0 Å². The first kappa shape index (κ1) is 11.8. The fraction of sp³-hybridized carbons (Fsp3) is 0.417. The number of hydrogen-bond donors (Lipinski definition) is 1. The van der Waals surface area contributed by atoms with Crippen molar-refractivity contribution in [2.75, 3.05) is 6.54 Å². The van der Waals surface area contributed by atoms with Crippen LogP contribution in [0.1, 0.15) is 21.0 Å². The van der Waals surface area contributed by atoms with Crippen molar-refractivity contribution in [2.24, 2.45) is 0 Å². The zero-order valence-electron chi connectivity index (χ0n) is 9.62. The van der Waals surface area contributed by atoms with E-state index < -0.39 is 0 Å². The summed E-state index contributed by atoms with van der Waals surface area (Å²) < 4.78 is 0. The van der Waals surface area contributed by atoms with Gasteiger partial charge in [0.1, 0.15) is 0 Å². The van der Waals surface area contributed by atoms with E-state index in [4.69, 9.17) is 0 Å². The molecule has 0 aliphatic carbocycles. The predicted octanol–water partition coefficient (Wildman–Crippen LogP) is 3.15. The Balaban J connectivity index is 1.74. The zero-order valence-corrected chi connectivity index (χ0v) is 11.3. The first-order valence-corrected chi connectivity index (χ1v) is 7.15. The number of thiophene rings is 1. The van der Waals surface area contributed by atoms with Crippen molar-refractivity contribution < 1.29 is 0 Å². The van der Waals surface area contributed by atoms with Gasteiger partial charge in [-0.2, -0.15) is 0 Å². The van der Waals surface area contributed by atoms with Crippen molar-refractivity contribution in [1.29, 1.82) is 0 Å². The average Bonchev–Trinajstić information content (AvgIpc) is 2.84. The fourth-order valence-corrected chi connectivity index (χ4v) is 3.20. The van der Waals surface area contributed by atoms with Crippen LogP contribution in [0.15, 0.2) is 17.0 Å². The average molecular weight is 252 g/mol. The van der Waals surface area contributed by atoms with Crippen LogP contribution in [0.4, 0.5) is 0 Å². The fourth-order valence-electron chi connectivity index (χ4n) is 1.66. The molecule has 0 amide bonds. The van der Waals surface area contributed by atoms with Gasteiger partial charge in [0, 0.05) is 34.6 Å². The molecule has 2 aromatic rings. The molecule has 0 bridgehead atoms. The lowest BCUT2D eigenvalue weighted by atomic mass is 10.2. The molecule has 2 nitrogen and oxygen atoms in total. The molecule has 0 radical (unpaired) electrons. The number of hydrogen-bond acceptors (Lipinski definition) is 4. The third-order valence-electron chi connectivity index (χ3n) is 2.50. The van der Waals surface area contributed by atoms with Crippen molar-refractivity contribution in [3.8, 4) is 0 Å². The van der Waals surface area contributed by atoms with E-state index in [1.165, 1.54) is 21.0 Å². The Morgan fingerprint density at radius 2 is 2.25 bits per heavy atom. The van der Waals surface area contributed by atoms with Crippen molar-refractivity contribution >= 4 is 22.7 Å². The Morgan fingerprint density at radius 1 is 1.38 bits per heavy atom. The molecule has 2 aromatic heterocycles. The third-order valence-corrected chi connectivity index (χ3v) is 4.14. The molecule has 0 aliphatic heterocycles. The molecule has 0 unspecified atom stereocenters. The largest absolute Gasteiger partial charge is 0.312 e. The normalized spacial score (nSPS) is 10.9. The van der Waals surface area contributed by atoms with Crippen LogP contribution in [0.25, 0.3) is 0 Å². The molecule has 2 rings (SSSR count). The van der Waals surface area contributed by atoms with Gasteiger partial charge in [0.05, 0.1) is 11.2 Å². The maximum Gasteiger partial charge on any atom is 0.0794 e. The van der Waals surface area contributed by atoms with Crippen molar-refractivity contribution in [3.05, 3.63) is 38.0 Å². The summed E-state index contributed by atoms with van der Waals surface area (Å²) in [6.45, 7) is 6.32. The van der Waals surface area contributed by atoms with Crippen molar-refractivity contribution in [3.63, 3.8) is 0 Å². The van der Waals surface area contributed by atoms with Crippen molar-refractivity contribution in [2.45, 2.75) is 26.8 Å². The molecule has 86 valence electrons. The summed E-state index contributed by atoms with van der Waals surface area (Å²) in [5.74, 6) is 0. The van der Waals surface area contributed by atoms with E-state index in [1.807, 2.05) is 16.8 Å². The van der Waals surface area contributed by atoms with Gasteiger partial charge in [-0.25, -0.2) is 4.98 Å². The summed E-state index contributed by atoms with van der Waals surface area (Å²) >= 11 is 3.54. The van der Waals surface area contributed by atoms with Crippen LogP contribution in [0.5, 0.6) is 0 Å². The van der Waals surface area contributed by atoms with Crippen LogP contribution in [0.3, 0.4) is 0 Å². The number of nitrogens with zero attached hydrogens (tertiary/aromatic N) is 1. The minimum atomic E-state index is 0.973. The summed E-state index contributed by atoms with van der Waals surface area (Å²) in [6, 6.07) is 2.27. The maximum atomic E-state index is 4.26. The van der Waals surface area contributed by atoms with E-state index in [0.717, 1.165) is 19.5 Å². The minimum Gasteiger partial charge on any atom is -0.312 e. The molecule has 2 heterocycles. The lowest BCUT2D eigenvalue weighted by molar-refractivity contribution is 0.681. The van der Waals surface area contributed by atoms with Gasteiger partial charge >= 0.3 is 0 Å². The van der Waals surface area contributed by atoms with Gasteiger partial charge in [-0.3, -0.25) is 0 Å². The van der Waals surface area contributed by atoms with Gasteiger partial charge in [-0.05, 0) is 25.5 Å². The van der Waals surface area contributed by atoms with Crippen LogP contribution >= 0.6 is 22.7 Å². The van der Waals surface area contributed by atoms with E-state index >= 15 is 0 Å². The number of rotatable bonds is 5. The monoisotopic (exact) mass is 252 g/mol. The highest BCUT2D eigenvalue weighted by Gasteiger charge is 2.02. The maximum absolute atomic E-state index is 4.26. The molecule has 1 N–H and O–H groups in total. The number of aromatic nitrogens is 1. The summed E-state index contributed by atoms with van der Waals surface area (Å²) in [5.41, 5.74) is 4.51. The molecular formula is C12H16N2S2. The summed E-state index contributed by atoms with van der Waals surface area (Å²) in [6.07, 6.45) is 1.02. The van der Waals surface area contributed by atoms with Gasteiger partial charge in [-0.1, -0.05) is 0 Å². The van der Waals surface area contributed by atoms with Gasteiger partial charge in [-0.15, -0.1) is 22.7 Å². The zero-order chi connectivity index (χ0) is 11.4. The molecule has 0 saturated carbocycles. The second-order valence-corrected chi connectivity index (χ2v) is 6.02. The molecule has 0 aromatic carbocycles. The smallest absolute Gasteiger partial charge is 0.0794 e. The number of nitrogens with one attached hydrogen (secondary N) is 1. The van der Waals surface area contributed by atoms with Gasteiger partial charge in [0.2, 0.25) is 0 Å². The third kappa shape index (κ3) is 3.14. The quantitative estimate of drug-likeness (QED) is 0.827. The summed E-state index contributed by atoms with van der Waals surface area (Å²) in [4.78, 5) is 7.09. The van der Waals surface area contributed by atoms with E-state index in [2.05, 4.69) is 35.6 Å². The van der Waals surface area contributed by atoms with Crippen LogP contribution in [0, 0.1) is 13.8 Å². The Hall–Kier alpha value is -0.710. The van der Waals surface area contributed by atoms with E-state index in [1.54, 1.807) is 11.3 Å². The first-order valence-electron chi connectivity index (χ1n) is 5.39. The molecule has 0 fully saturated rings. The molecule has 0 saturated heterocycles. The van der Waals surface area contributed by atoms with Crippen molar-refractivity contribution in [1.82, 2.24) is 10.3 Å². The highest BCUT2D eigenvalue weighted by molar-refractivity contribution is 7.12. The molecule has 0 aliphatic rings. The van der Waals surface area contributed by atoms with E-state index in [9.17, 15) is 0 Å². The molecule has 4 heteroatoms. The highest BCUT2D eigenvalue weighted by atomic mass is 32.1. The number of aryl methyl sites for hydroxylation is 2. The molecule has 0 atom stereocenters. The Kier molecular flexibility index (Phi) is 4.09. The topological polar surface area (TPSA) is 24.9 Å². The molecule has 16 heavy (non-hydrogen) atoms. The second-order valence-electron chi connectivity index (χ2n) is 3.85. The number of thiazole rings is 1. The predicted molar refractivity (Wildman–Crippen MR) is 71.3 cm³/mol. The van der Waals surface area contributed by atoms with Crippen LogP contribution in [0.2, 0.25) is 0 Å². The van der Waals surface area contributed by atoms with E-state index in [-0.39, 0.29) is 0 Å². The SMILES string of the molecule is Cc1cc(CNCCc2cscn2)c(C)s1. The Bertz CT molecular complexity index is 432. The molecular weight excluding hydrogens is 236 g/mol. The van der Waals surface area contributed by atoms with Crippen LogP contribution in [-0.4, -0.2) is 11.5 Å². The summed E-state index contributed by atoms with van der Waals surface area (Å²) in [5, 5.41) is 5.58. The van der Waals surface area contributed by atoms with Crippen LogP contribution < -0.4 is 5.32 Å². The lowest BCUT2D eigenvalue weighted by Gasteiger charge is -2.02. The highest BCUT2D eigenvalue weighted by Crippen LogP contribution is 2.20. The Morgan fingerprint density at radius 3 is 2.88 bits per heavy atom. The Labute approximate surface area is 104 Å². The van der Waals surface area contributed by atoms with Gasteiger partial charge in [0.15, 0.2) is 0 Å². The first-order chi connectivity index (χ1) is 7.75. The van der Waals surface area contributed by atoms with E-state index in [0.29, 0.717) is 0 Å². The second kappa shape index (κ2) is 5.57. The summed E-state index contributed by atoms with van der Waals surface area (Å²) in [7, 11) is 0.